The molecular formula is C9H6ClN3O. The van der Waals surface area contributed by atoms with E-state index in [-0.39, 0.29) is 5.91 Å². The van der Waals surface area contributed by atoms with Gasteiger partial charge in [-0.15, -0.1) is 0 Å². The second kappa shape index (κ2) is 3.59. The van der Waals surface area contributed by atoms with E-state index < -0.39 is 0 Å². The van der Waals surface area contributed by atoms with Crippen molar-refractivity contribution >= 4 is 28.6 Å². The maximum absolute atomic E-state index is 11.3. The van der Waals surface area contributed by atoms with Crippen molar-refractivity contribution in [3.8, 4) is 0 Å². The van der Waals surface area contributed by atoms with Gasteiger partial charge in [-0.2, -0.15) is 10.2 Å². The molecule has 0 saturated heterocycles. The number of nitrogens with zero attached hydrogens (tertiary/aromatic N) is 2. The number of rotatable bonds is 1. The standard InChI is InChI=1S/C9H6ClN3O/c10-12-9(14)7-5-11-13-8-4-2-1-3-6(7)8/h1-5H,(H,12,14). The van der Waals surface area contributed by atoms with Gasteiger partial charge in [-0.1, -0.05) is 18.2 Å². The first-order valence-electron chi connectivity index (χ1n) is 3.94. The highest BCUT2D eigenvalue weighted by atomic mass is 35.5. The van der Waals surface area contributed by atoms with Crippen molar-refractivity contribution in [2.75, 3.05) is 0 Å². The lowest BCUT2D eigenvalue weighted by Gasteiger charge is -2.01. The van der Waals surface area contributed by atoms with Crippen molar-refractivity contribution < 1.29 is 4.79 Å². The Balaban J connectivity index is 2.71. The van der Waals surface area contributed by atoms with Gasteiger partial charge in [0, 0.05) is 17.2 Å². The van der Waals surface area contributed by atoms with E-state index in [2.05, 4.69) is 10.2 Å². The van der Waals surface area contributed by atoms with Crippen LogP contribution in [-0.2, 0) is 0 Å². The van der Waals surface area contributed by atoms with Crippen LogP contribution < -0.4 is 4.84 Å². The second-order valence-corrected chi connectivity index (χ2v) is 2.89. The summed E-state index contributed by atoms with van der Waals surface area (Å²) in [6.07, 6.45) is 1.39. The molecule has 0 bridgehead atoms. The van der Waals surface area contributed by atoms with E-state index in [1.807, 2.05) is 17.0 Å². The third-order valence-electron chi connectivity index (χ3n) is 1.88. The van der Waals surface area contributed by atoms with Gasteiger partial charge in [-0.25, -0.2) is 0 Å². The first-order chi connectivity index (χ1) is 6.83. The van der Waals surface area contributed by atoms with Crippen LogP contribution in [0.15, 0.2) is 30.5 Å². The van der Waals surface area contributed by atoms with Gasteiger partial charge in [0.2, 0.25) is 0 Å². The first-order valence-corrected chi connectivity index (χ1v) is 4.32. The Labute approximate surface area is 85.0 Å². The van der Waals surface area contributed by atoms with Crippen molar-refractivity contribution in [1.29, 1.82) is 0 Å². The largest absolute Gasteiger partial charge is 0.268 e. The molecule has 2 aromatic rings. The molecule has 1 aromatic heterocycles. The molecule has 0 saturated carbocycles. The number of amides is 1. The maximum Gasteiger partial charge on any atom is 0.267 e. The van der Waals surface area contributed by atoms with Gasteiger partial charge in [0.15, 0.2) is 0 Å². The molecule has 70 valence electrons. The minimum Gasteiger partial charge on any atom is -0.268 e. The minimum atomic E-state index is -0.377. The van der Waals surface area contributed by atoms with Crippen LogP contribution in [0.25, 0.3) is 10.9 Å². The Morgan fingerprint density at radius 2 is 2.14 bits per heavy atom. The summed E-state index contributed by atoms with van der Waals surface area (Å²) >= 11 is 5.24. The van der Waals surface area contributed by atoms with Gasteiger partial charge in [0.25, 0.3) is 5.91 Å². The van der Waals surface area contributed by atoms with Gasteiger partial charge < -0.3 is 0 Å². The molecule has 0 aliphatic rings. The molecule has 5 heteroatoms. The first kappa shape index (κ1) is 8.90. The average molecular weight is 208 g/mol. The fraction of sp³-hybridized carbons (Fsp3) is 0. The van der Waals surface area contributed by atoms with Crippen molar-refractivity contribution in [2.45, 2.75) is 0 Å². The Hall–Kier alpha value is -1.68. The molecule has 0 fully saturated rings. The lowest BCUT2D eigenvalue weighted by molar-refractivity contribution is 0.0983. The van der Waals surface area contributed by atoms with E-state index in [1.165, 1.54) is 6.20 Å². The summed E-state index contributed by atoms with van der Waals surface area (Å²) in [6, 6.07) is 7.24. The molecule has 0 atom stereocenters. The van der Waals surface area contributed by atoms with E-state index in [4.69, 9.17) is 11.8 Å². The van der Waals surface area contributed by atoms with E-state index in [1.54, 1.807) is 12.1 Å². The molecular weight excluding hydrogens is 202 g/mol. The lowest BCUT2D eigenvalue weighted by atomic mass is 10.1. The molecule has 1 heterocycles. The van der Waals surface area contributed by atoms with Crippen LogP contribution in [0.3, 0.4) is 0 Å². The van der Waals surface area contributed by atoms with Gasteiger partial charge in [0.05, 0.1) is 17.3 Å². The normalized spacial score (nSPS) is 10.1. The van der Waals surface area contributed by atoms with E-state index in [0.29, 0.717) is 11.1 Å². The summed E-state index contributed by atoms with van der Waals surface area (Å²) < 4.78 is 0. The van der Waals surface area contributed by atoms with Crippen LogP contribution in [0.5, 0.6) is 0 Å². The summed E-state index contributed by atoms with van der Waals surface area (Å²) in [5, 5.41) is 8.33. The van der Waals surface area contributed by atoms with Crippen molar-refractivity contribution in [3.63, 3.8) is 0 Å². The fourth-order valence-corrected chi connectivity index (χ4v) is 1.34. The molecule has 1 amide bonds. The Kier molecular flexibility index (Phi) is 2.28. The highest BCUT2D eigenvalue weighted by Gasteiger charge is 2.09. The Morgan fingerprint density at radius 1 is 1.36 bits per heavy atom. The number of carbonyl (C=O) groups is 1. The Bertz CT molecular complexity index is 481. The van der Waals surface area contributed by atoms with Crippen LogP contribution >= 0.6 is 11.8 Å². The van der Waals surface area contributed by atoms with Crippen LogP contribution in [0.1, 0.15) is 10.4 Å². The van der Waals surface area contributed by atoms with Crippen LogP contribution in [0, 0.1) is 0 Å². The number of benzene rings is 1. The van der Waals surface area contributed by atoms with E-state index in [9.17, 15) is 4.79 Å². The van der Waals surface area contributed by atoms with Crippen LogP contribution in [0.2, 0.25) is 0 Å². The monoisotopic (exact) mass is 207 g/mol. The van der Waals surface area contributed by atoms with E-state index >= 15 is 0 Å². The molecule has 0 aliphatic heterocycles. The van der Waals surface area contributed by atoms with E-state index in [0.717, 1.165) is 5.39 Å². The molecule has 0 unspecified atom stereocenters. The zero-order valence-electron chi connectivity index (χ0n) is 7.07. The van der Waals surface area contributed by atoms with Gasteiger partial charge in [0.1, 0.15) is 0 Å². The molecule has 14 heavy (non-hydrogen) atoms. The Morgan fingerprint density at radius 3 is 2.93 bits per heavy atom. The average Bonchev–Trinajstić information content (AvgIpc) is 2.27. The van der Waals surface area contributed by atoms with Crippen molar-refractivity contribution in [3.05, 3.63) is 36.0 Å². The summed E-state index contributed by atoms with van der Waals surface area (Å²) in [7, 11) is 0. The number of fused-ring (bicyclic) bond motifs is 1. The molecule has 0 radical (unpaired) electrons. The molecule has 0 aliphatic carbocycles. The third-order valence-corrected chi connectivity index (χ3v) is 2.05. The zero-order valence-corrected chi connectivity index (χ0v) is 7.82. The maximum atomic E-state index is 11.3. The smallest absolute Gasteiger partial charge is 0.267 e. The van der Waals surface area contributed by atoms with Gasteiger partial charge in [-0.3, -0.25) is 9.63 Å². The number of hydrogen-bond acceptors (Lipinski definition) is 3. The quantitative estimate of drug-likeness (QED) is 0.722. The predicted molar refractivity (Wildman–Crippen MR) is 52.9 cm³/mol. The second-order valence-electron chi connectivity index (χ2n) is 2.70. The predicted octanol–water partition coefficient (Wildman–Crippen LogP) is 1.51. The molecule has 0 spiro atoms. The topological polar surface area (TPSA) is 54.9 Å². The summed E-state index contributed by atoms with van der Waals surface area (Å²) in [5.74, 6) is -0.377. The minimum absolute atomic E-state index is 0.377. The third kappa shape index (κ3) is 1.40. The summed E-state index contributed by atoms with van der Waals surface area (Å²) in [5.41, 5.74) is 1.09. The SMILES string of the molecule is O=C(NCl)c1cnnc2ccccc12. The van der Waals surface area contributed by atoms with Gasteiger partial charge >= 0.3 is 0 Å². The van der Waals surface area contributed by atoms with Crippen molar-refractivity contribution in [2.24, 2.45) is 0 Å². The number of hydrogen-bond donors (Lipinski definition) is 1. The highest BCUT2D eigenvalue weighted by Crippen LogP contribution is 2.14. The molecule has 4 nitrogen and oxygen atoms in total. The van der Waals surface area contributed by atoms with Crippen LogP contribution in [-0.4, -0.2) is 16.1 Å². The highest BCUT2D eigenvalue weighted by molar-refractivity contribution is 6.25. The fourth-order valence-electron chi connectivity index (χ4n) is 1.24. The number of halogens is 1. The zero-order chi connectivity index (χ0) is 9.97. The summed E-state index contributed by atoms with van der Waals surface area (Å²) in [4.78, 5) is 13.4. The number of nitrogens with one attached hydrogen (secondary N) is 1. The number of aromatic nitrogens is 2. The summed E-state index contributed by atoms with van der Waals surface area (Å²) in [6.45, 7) is 0. The number of carbonyl (C=O) groups excluding carboxylic acids is 1. The molecule has 1 N–H and O–H groups in total. The van der Waals surface area contributed by atoms with Gasteiger partial charge in [-0.05, 0) is 6.07 Å². The molecule has 2 rings (SSSR count). The van der Waals surface area contributed by atoms with Crippen LogP contribution in [0.4, 0.5) is 0 Å². The molecule has 1 aromatic carbocycles. The lowest BCUT2D eigenvalue weighted by Crippen LogP contribution is -2.13. The van der Waals surface area contributed by atoms with Crippen molar-refractivity contribution in [1.82, 2.24) is 15.0 Å².